The number of rotatable bonds is 8. The molecule has 1 aromatic rings. The topological polar surface area (TPSA) is 24.5 Å². The Kier molecular flexibility index (Phi) is 6.89. The van der Waals surface area contributed by atoms with Crippen LogP contribution in [0, 0.1) is 0 Å². The van der Waals surface area contributed by atoms with Crippen molar-refractivity contribution in [2.75, 3.05) is 32.8 Å². The fraction of sp³-hybridized carbons (Fsp3) is 0.647. The van der Waals surface area contributed by atoms with E-state index in [9.17, 15) is 0 Å². The van der Waals surface area contributed by atoms with Crippen molar-refractivity contribution in [1.29, 1.82) is 0 Å². The minimum Gasteiger partial charge on any atom is -0.494 e. The molecule has 2 rings (SSSR count). The summed E-state index contributed by atoms with van der Waals surface area (Å²) in [5.74, 6) is 0.990. The summed E-state index contributed by atoms with van der Waals surface area (Å²) in [6.07, 6.45) is 5.27. The highest BCUT2D eigenvalue weighted by molar-refractivity contribution is 5.27. The van der Waals surface area contributed by atoms with Crippen molar-refractivity contribution in [2.45, 2.75) is 39.2 Å². The van der Waals surface area contributed by atoms with E-state index in [-0.39, 0.29) is 0 Å². The predicted molar refractivity (Wildman–Crippen MR) is 84.2 cm³/mol. The number of nitrogens with one attached hydrogen (secondary N) is 1. The van der Waals surface area contributed by atoms with Crippen LogP contribution in [0.5, 0.6) is 5.75 Å². The second-order valence-corrected chi connectivity index (χ2v) is 5.53. The lowest BCUT2D eigenvalue weighted by Gasteiger charge is -2.26. The number of piperidine rings is 1. The quantitative estimate of drug-likeness (QED) is 0.739. The number of likely N-dealkylation sites (tertiary alicyclic amines) is 1. The van der Waals surface area contributed by atoms with E-state index < -0.39 is 0 Å². The number of ether oxygens (including phenoxy) is 1. The van der Waals surface area contributed by atoms with Crippen LogP contribution >= 0.6 is 0 Å². The molecule has 0 aromatic heterocycles. The van der Waals surface area contributed by atoms with Crippen LogP contribution in [-0.4, -0.2) is 37.7 Å². The lowest BCUT2D eigenvalue weighted by atomic mass is 10.1. The van der Waals surface area contributed by atoms with Gasteiger partial charge in [0.2, 0.25) is 0 Å². The molecule has 0 radical (unpaired) electrons. The van der Waals surface area contributed by atoms with Crippen molar-refractivity contribution in [1.82, 2.24) is 10.2 Å². The van der Waals surface area contributed by atoms with Gasteiger partial charge >= 0.3 is 0 Å². The fourth-order valence-corrected chi connectivity index (χ4v) is 2.63. The summed E-state index contributed by atoms with van der Waals surface area (Å²) in [4.78, 5) is 2.56. The van der Waals surface area contributed by atoms with E-state index in [1.807, 2.05) is 0 Å². The van der Waals surface area contributed by atoms with Gasteiger partial charge in [0.05, 0.1) is 6.61 Å². The van der Waals surface area contributed by atoms with Crippen LogP contribution in [0.15, 0.2) is 24.3 Å². The molecule has 1 fully saturated rings. The van der Waals surface area contributed by atoms with Gasteiger partial charge in [0.25, 0.3) is 0 Å². The maximum absolute atomic E-state index is 5.81. The van der Waals surface area contributed by atoms with Crippen molar-refractivity contribution in [3.05, 3.63) is 29.8 Å². The van der Waals surface area contributed by atoms with Crippen molar-refractivity contribution in [3.63, 3.8) is 0 Å². The Labute approximate surface area is 123 Å². The minimum atomic E-state index is 0.822. The zero-order chi connectivity index (χ0) is 14.0. The summed E-state index contributed by atoms with van der Waals surface area (Å²) < 4.78 is 5.81. The monoisotopic (exact) mass is 276 g/mol. The van der Waals surface area contributed by atoms with Crippen LogP contribution in [0.2, 0.25) is 0 Å². The molecule has 3 nitrogen and oxygen atoms in total. The van der Waals surface area contributed by atoms with E-state index in [2.05, 4.69) is 41.4 Å². The molecule has 0 atom stereocenters. The average molecular weight is 276 g/mol. The highest BCUT2D eigenvalue weighted by atomic mass is 16.5. The zero-order valence-electron chi connectivity index (χ0n) is 12.7. The molecule has 1 aliphatic heterocycles. The van der Waals surface area contributed by atoms with Gasteiger partial charge in [0, 0.05) is 13.1 Å². The molecule has 1 heterocycles. The number of nitrogens with zero attached hydrogens (tertiary/aromatic N) is 1. The molecule has 1 aromatic carbocycles. The van der Waals surface area contributed by atoms with Gasteiger partial charge in [0.1, 0.15) is 5.75 Å². The molecule has 0 spiro atoms. The first kappa shape index (κ1) is 15.3. The van der Waals surface area contributed by atoms with E-state index in [1.54, 1.807) is 0 Å². The Morgan fingerprint density at radius 1 is 1.10 bits per heavy atom. The van der Waals surface area contributed by atoms with Crippen molar-refractivity contribution in [3.8, 4) is 5.75 Å². The van der Waals surface area contributed by atoms with Gasteiger partial charge in [-0.15, -0.1) is 0 Å². The normalized spacial score (nSPS) is 16.2. The standard InChI is InChI=1S/C17H28N2O/c1-2-18-15-16-7-9-17(10-8-16)20-14-6-13-19-11-4-3-5-12-19/h7-10,18H,2-6,11-15H2,1H3. The number of hydrogen-bond donors (Lipinski definition) is 1. The Bertz CT molecular complexity index is 358. The lowest BCUT2D eigenvalue weighted by molar-refractivity contribution is 0.205. The summed E-state index contributed by atoms with van der Waals surface area (Å²) in [5, 5.41) is 3.33. The summed E-state index contributed by atoms with van der Waals surface area (Å²) in [6.45, 7) is 8.63. The molecule has 1 saturated heterocycles. The van der Waals surface area contributed by atoms with Gasteiger partial charge in [-0.25, -0.2) is 0 Å². The highest BCUT2D eigenvalue weighted by Crippen LogP contribution is 2.13. The second-order valence-electron chi connectivity index (χ2n) is 5.53. The molecular formula is C17H28N2O. The van der Waals surface area contributed by atoms with E-state index in [0.717, 1.165) is 31.9 Å². The third kappa shape index (κ3) is 5.51. The first-order valence-electron chi connectivity index (χ1n) is 8.03. The van der Waals surface area contributed by atoms with E-state index >= 15 is 0 Å². The van der Waals surface area contributed by atoms with Crippen LogP contribution in [0.25, 0.3) is 0 Å². The van der Waals surface area contributed by atoms with Crippen molar-refractivity contribution < 1.29 is 4.74 Å². The van der Waals surface area contributed by atoms with E-state index in [1.165, 1.54) is 44.5 Å². The average Bonchev–Trinajstić information content (AvgIpc) is 2.52. The largest absolute Gasteiger partial charge is 0.494 e. The molecule has 0 amide bonds. The van der Waals surface area contributed by atoms with Gasteiger partial charge in [-0.1, -0.05) is 25.5 Å². The highest BCUT2D eigenvalue weighted by Gasteiger charge is 2.08. The van der Waals surface area contributed by atoms with Gasteiger partial charge in [-0.2, -0.15) is 0 Å². The summed E-state index contributed by atoms with van der Waals surface area (Å²) in [7, 11) is 0. The zero-order valence-corrected chi connectivity index (χ0v) is 12.7. The minimum absolute atomic E-state index is 0.822. The van der Waals surface area contributed by atoms with Crippen LogP contribution in [0.1, 0.15) is 38.2 Å². The van der Waals surface area contributed by atoms with Crippen molar-refractivity contribution >= 4 is 0 Å². The maximum Gasteiger partial charge on any atom is 0.119 e. The van der Waals surface area contributed by atoms with E-state index in [4.69, 9.17) is 4.74 Å². The summed E-state index contributed by atoms with van der Waals surface area (Å²) in [5.41, 5.74) is 1.31. The molecule has 0 bridgehead atoms. The SMILES string of the molecule is CCNCc1ccc(OCCCN2CCCCC2)cc1. The van der Waals surface area contributed by atoms with Crippen molar-refractivity contribution in [2.24, 2.45) is 0 Å². The van der Waals surface area contributed by atoms with Crippen LogP contribution < -0.4 is 10.1 Å². The number of benzene rings is 1. The molecular weight excluding hydrogens is 248 g/mol. The molecule has 0 unspecified atom stereocenters. The van der Waals surface area contributed by atoms with Crippen LogP contribution in [-0.2, 0) is 6.54 Å². The van der Waals surface area contributed by atoms with Gasteiger partial charge in [-0.05, 0) is 56.6 Å². The fourth-order valence-electron chi connectivity index (χ4n) is 2.63. The predicted octanol–water partition coefficient (Wildman–Crippen LogP) is 3.05. The molecule has 0 aliphatic carbocycles. The van der Waals surface area contributed by atoms with Crippen LogP contribution in [0.4, 0.5) is 0 Å². The molecule has 1 aliphatic rings. The third-order valence-electron chi connectivity index (χ3n) is 3.84. The van der Waals surface area contributed by atoms with Crippen LogP contribution in [0.3, 0.4) is 0 Å². The lowest BCUT2D eigenvalue weighted by Crippen LogP contribution is -2.31. The summed E-state index contributed by atoms with van der Waals surface area (Å²) >= 11 is 0. The molecule has 0 saturated carbocycles. The van der Waals surface area contributed by atoms with Gasteiger partial charge in [0.15, 0.2) is 0 Å². The third-order valence-corrected chi connectivity index (χ3v) is 3.84. The molecule has 20 heavy (non-hydrogen) atoms. The Hall–Kier alpha value is -1.06. The first-order valence-corrected chi connectivity index (χ1v) is 8.03. The molecule has 112 valence electrons. The summed E-state index contributed by atoms with van der Waals surface area (Å²) in [6, 6.07) is 8.44. The van der Waals surface area contributed by atoms with Gasteiger partial charge in [-0.3, -0.25) is 0 Å². The Morgan fingerprint density at radius 2 is 1.85 bits per heavy atom. The number of hydrogen-bond acceptors (Lipinski definition) is 3. The molecule has 3 heteroatoms. The van der Waals surface area contributed by atoms with Gasteiger partial charge < -0.3 is 15.0 Å². The second kappa shape index (κ2) is 8.98. The molecule has 1 N–H and O–H groups in total. The Morgan fingerprint density at radius 3 is 2.55 bits per heavy atom. The Balaban J connectivity index is 1.61. The smallest absolute Gasteiger partial charge is 0.119 e. The van der Waals surface area contributed by atoms with E-state index in [0.29, 0.717) is 0 Å². The maximum atomic E-state index is 5.81. The first-order chi connectivity index (χ1) is 9.88.